The molecule has 0 saturated heterocycles. The second-order valence-corrected chi connectivity index (χ2v) is 5.03. The second kappa shape index (κ2) is 8.60. The summed E-state index contributed by atoms with van der Waals surface area (Å²) in [6, 6.07) is 10.8. The topological polar surface area (TPSA) is 59.6 Å². The molecule has 0 aliphatic carbocycles. The molecule has 114 valence electrons. The third-order valence-electron chi connectivity index (χ3n) is 2.59. The molecule has 2 aromatic rings. The summed E-state index contributed by atoms with van der Waals surface area (Å²) in [6.45, 7) is 0.487. The Kier molecular flexibility index (Phi) is 6.15. The number of hydrogen-bond donors (Lipinski definition) is 2. The van der Waals surface area contributed by atoms with Gasteiger partial charge < -0.3 is 14.8 Å². The van der Waals surface area contributed by atoms with Crippen molar-refractivity contribution in [3.63, 3.8) is 0 Å². The SMILES string of the molecule is COc1ccccc1OCC#CCNC(=O)Nc1cccs1. The summed E-state index contributed by atoms with van der Waals surface area (Å²) in [5, 5.41) is 8.04. The first kappa shape index (κ1) is 15.7. The van der Waals surface area contributed by atoms with E-state index in [1.165, 1.54) is 11.3 Å². The van der Waals surface area contributed by atoms with E-state index in [0.717, 1.165) is 5.00 Å². The Morgan fingerprint density at radius 1 is 1.18 bits per heavy atom. The molecule has 22 heavy (non-hydrogen) atoms. The lowest BCUT2D eigenvalue weighted by Crippen LogP contribution is -2.28. The molecule has 2 amide bonds. The number of urea groups is 1. The molecule has 0 atom stereocenters. The fourth-order valence-electron chi connectivity index (χ4n) is 1.60. The lowest BCUT2D eigenvalue weighted by atomic mass is 10.3. The lowest BCUT2D eigenvalue weighted by molar-refractivity contribution is 0.253. The number of carbonyl (C=O) groups excluding carboxylic acids is 1. The van der Waals surface area contributed by atoms with Crippen molar-refractivity contribution in [2.75, 3.05) is 25.6 Å². The number of para-hydroxylation sites is 2. The number of nitrogens with one attached hydrogen (secondary N) is 2. The Morgan fingerprint density at radius 3 is 2.73 bits per heavy atom. The molecule has 6 heteroatoms. The van der Waals surface area contributed by atoms with Crippen molar-refractivity contribution in [2.24, 2.45) is 0 Å². The van der Waals surface area contributed by atoms with Gasteiger partial charge in [0, 0.05) is 0 Å². The van der Waals surface area contributed by atoms with Crippen molar-refractivity contribution in [2.45, 2.75) is 0 Å². The molecule has 0 bridgehead atoms. The van der Waals surface area contributed by atoms with Gasteiger partial charge >= 0.3 is 6.03 Å². The Hall–Kier alpha value is -2.65. The smallest absolute Gasteiger partial charge is 0.320 e. The standard InChI is InChI=1S/C16H16N2O3S/c1-20-13-7-2-3-8-14(13)21-11-5-4-10-17-16(19)18-15-9-6-12-22-15/h2-3,6-9,12H,10-11H2,1H3,(H2,17,18,19). The first-order valence-electron chi connectivity index (χ1n) is 6.59. The highest BCUT2D eigenvalue weighted by atomic mass is 32.1. The van der Waals surface area contributed by atoms with Crippen LogP contribution in [0.4, 0.5) is 9.80 Å². The Labute approximate surface area is 133 Å². The molecular formula is C16H16N2O3S. The zero-order valence-electron chi connectivity index (χ0n) is 12.1. The maximum absolute atomic E-state index is 11.5. The zero-order chi connectivity index (χ0) is 15.6. The van der Waals surface area contributed by atoms with Gasteiger partial charge in [-0.05, 0) is 29.6 Å². The maximum atomic E-state index is 11.5. The van der Waals surface area contributed by atoms with Crippen molar-refractivity contribution < 1.29 is 14.3 Å². The van der Waals surface area contributed by atoms with Crippen LogP contribution in [-0.2, 0) is 0 Å². The lowest BCUT2D eigenvalue weighted by Gasteiger charge is -2.07. The van der Waals surface area contributed by atoms with E-state index >= 15 is 0 Å². The van der Waals surface area contributed by atoms with E-state index in [9.17, 15) is 4.79 Å². The van der Waals surface area contributed by atoms with Gasteiger partial charge in [0.15, 0.2) is 11.5 Å². The molecular weight excluding hydrogens is 300 g/mol. The van der Waals surface area contributed by atoms with Crippen LogP contribution >= 0.6 is 11.3 Å². The average molecular weight is 316 g/mol. The third kappa shape index (κ3) is 5.04. The van der Waals surface area contributed by atoms with Crippen LogP contribution in [0.2, 0.25) is 0 Å². The predicted molar refractivity (Wildman–Crippen MR) is 87.6 cm³/mol. The van der Waals surface area contributed by atoms with Crippen LogP contribution < -0.4 is 20.1 Å². The largest absolute Gasteiger partial charge is 0.493 e. The molecule has 5 nitrogen and oxygen atoms in total. The monoisotopic (exact) mass is 316 g/mol. The van der Waals surface area contributed by atoms with Crippen LogP contribution in [0.25, 0.3) is 0 Å². The van der Waals surface area contributed by atoms with Gasteiger partial charge in [0.1, 0.15) is 6.61 Å². The van der Waals surface area contributed by atoms with Crippen LogP contribution in [0.15, 0.2) is 41.8 Å². The van der Waals surface area contributed by atoms with Crippen molar-refractivity contribution >= 4 is 22.4 Å². The minimum atomic E-state index is -0.276. The number of anilines is 1. The summed E-state index contributed by atoms with van der Waals surface area (Å²) in [4.78, 5) is 11.5. The van der Waals surface area contributed by atoms with Gasteiger partial charge in [-0.2, -0.15) is 0 Å². The van der Waals surface area contributed by atoms with E-state index in [-0.39, 0.29) is 19.2 Å². The zero-order valence-corrected chi connectivity index (χ0v) is 12.9. The maximum Gasteiger partial charge on any atom is 0.320 e. The summed E-state index contributed by atoms with van der Waals surface area (Å²) in [5.74, 6) is 6.96. The molecule has 2 rings (SSSR count). The van der Waals surface area contributed by atoms with Crippen LogP contribution in [-0.4, -0.2) is 26.3 Å². The minimum absolute atomic E-state index is 0.231. The van der Waals surface area contributed by atoms with Gasteiger partial charge in [-0.3, -0.25) is 5.32 Å². The molecule has 0 saturated carbocycles. The second-order valence-electron chi connectivity index (χ2n) is 4.08. The van der Waals surface area contributed by atoms with Crippen molar-refractivity contribution in [1.82, 2.24) is 5.32 Å². The van der Waals surface area contributed by atoms with E-state index in [0.29, 0.717) is 11.5 Å². The number of ether oxygens (including phenoxy) is 2. The first-order valence-corrected chi connectivity index (χ1v) is 7.47. The van der Waals surface area contributed by atoms with Gasteiger partial charge in [-0.1, -0.05) is 24.0 Å². The predicted octanol–water partition coefficient (Wildman–Crippen LogP) is 2.96. The number of hydrogen-bond acceptors (Lipinski definition) is 4. The average Bonchev–Trinajstić information content (AvgIpc) is 3.04. The van der Waals surface area contributed by atoms with Gasteiger partial charge in [-0.15, -0.1) is 11.3 Å². The summed E-state index contributed by atoms with van der Waals surface area (Å²) in [7, 11) is 1.59. The molecule has 2 N–H and O–H groups in total. The van der Waals surface area contributed by atoms with Gasteiger partial charge in [0.05, 0.1) is 18.7 Å². The summed E-state index contributed by atoms with van der Waals surface area (Å²) < 4.78 is 10.7. The Bertz CT molecular complexity index is 660. The number of amides is 2. The number of methoxy groups -OCH3 is 1. The molecule has 1 aromatic heterocycles. The normalized spacial score (nSPS) is 9.32. The molecule has 0 unspecified atom stereocenters. The molecule has 0 fully saturated rings. The van der Waals surface area contributed by atoms with Gasteiger partial charge in [-0.25, -0.2) is 4.79 Å². The highest BCUT2D eigenvalue weighted by molar-refractivity contribution is 7.14. The van der Waals surface area contributed by atoms with Crippen molar-refractivity contribution in [1.29, 1.82) is 0 Å². The molecule has 0 aliphatic heterocycles. The van der Waals surface area contributed by atoms with Crippen molar-refractivity contribution in [3.05, 3.63) is 41.8 Å². The van der Waals surface area contributed by atoms with Crippen LogP contribution in [0, 0.1) is 11.8 Å². The van der Waals surface area contributed by atoms with Crippen LogP contribution in [0.3, 0.4) is 0 Å². The van der Waals surface area contributed by atoms with Crippen molar-refractivity contribution in [3.8, 4) is 23.3 Å². The molecule has 0 aliphatic rings. The minimum Gasteiger partial charge on any atom is -0.493 e. The van der Waals surface area contributed by atoms with E-state index < -0.39 is 0 Å². The first-order chi connectivity index (χ1) is 10.8. The molecule has 0 radical (unpaired) electrons. The van der Waals surface area contributed by atoms with E-state index in [2.05, 4.69) is 22.5 Å². The summed E-state index contributed by atoms with van der Waals surface area (Å²) >= 11 is 1.46. The highest BCUT2D eigenvalue weighted by Gasteiger charge is 2.01. The van der Waals surface area contributed by atoms with Crippen LogP contribution in [0.1, 0.15) is 0 Å². The number of thiophene rings is 1. The molecule has 0 spiro atoms. The molecule has 1 aromatic carbocycles. The van der Waals surface area contributed by atoms with E-state index in [1.807, 2.05) is 41.8 Å². The Balaban J connectivity index is 1.68. The summed E-state index contributed by atoms with van der Waals surface area (Å²) in [5.41, 5.74) is 0. The number of rotatable bonds is 5. The fourth-order valence-corrected chi connectivity index (χ4v) is 2.21. The van der Waals surface area contributed by atoms with Crippen LogP contribution in [0.5, 0.6) is 11.5 Å². The highest BCUT2D eigenvalue weighted by Crippen LogP contribution is 2.25. The number of carbonyl (C=O) groups is 1. The quantitative estimate of drug-likeness (QED) is 0.834. The van der Waals surface area contributed by atoms with Gasteiger partial charge in [0.25, 0.3) is 0 Å². The summed E-state index contributed by atoms with van der Waals surface area (Å²) in [6.07, 6.45) is 0. The van der Waals surface area contributed by atoms with E-state index in [1.54, 1.807) is 7.11 Å². The molecule has 1 heterocycles. The number of benzene rings is 1. The van der Waals surface area contributed by atoms with E-state index in [4.69, 9.17) is 9.47 Å². The third-order valence-corrected chi connectivity index (χ3v) is 3.37. The van der Waals surface area contributed by atoms with Gasteiger partial charge in [0.2, 0.25) is 0 Å². The Morgan fingerprint density at radius 2 is 2.00 bits per heavy atom. The fraction of sp³-hybridized carbons (Fsp3) is 0.188.